The Morgan fingerprint density at radius 1 is 1.05 bits per heavy atom. The highest BCUT2D eigenvalue weighted by Crippen LogP contribution is 2.32. The highest BCUT2D eigenvalue weighted by Gasteiger charge is 2.34. The van der Waals surface area contributed by atoms with Gasteiger partial charge in [-0.25, -0.2) is 0 Å². The average molecular weight is 281 g/mol. The van der Waals surface area contributed by atoms with Gasteiger partial charge in [0.15, 0.2) is 0 Å². The summed E-state index contributed by atoms with van der Waals surface area (Å²) in [7, 11) is 0. The molecule has 1 aliphatic heterocycles. The quantitative estimate of drug-likeness (QED) is 0.569. The molecule has 3 atom stereocenters. The third-order valence-electron chi connectivity index (χ3n) is 4.93. The Bertz CT molecular complexity index is 293. The van der Waals surface area contributed by atoms with Crippen molar-refractivity contribution in [2.24, 2.45) is 5.92 Å². The first-order valence-corrected chi connectivity index (χ1v) is 8.74. The van der Waals surface area contributed by atoms with Crippen molar-refractivity contribution in [2.75, 3.05) is 6.61 Å². The highest BCUT2D eigenvalue weighted by atomic mass is 16.5. The first-order valence-electron chi connectivity index (χ1n) is 8.74. The van der Waals surface area contributed by atoms with Crippen LogP contribution in [-0.2, 0) is 9.53 Å². The molecule has 0 spiro atoms. The zero-order valence-electron chi connectivity index (χ0n) is 13.0. The van der Waals surface area contributed by atoms with Crippen molar-refractivity contribution in [3.05, 3.63) is 0 Å². The van der Waals surface area contributed by atoms with E-state index in [1.807, 2.05) is 0 Å². The normalized spacial score (nSPS) is 29.8. The lowest BCUT2D eigenvalue weighted by Crippen LogP contribution is -2.52. The van der Waals surface area contributed by atoms with Crippen LogP contribution in [0.1, 0.15) is 77.6 Å². The molecule has 2 rings (SSSR count). The van der Waals surface area contributed by atoms with Gasteiger partial charge < -0.3 is 10.1 Å². The summed E-state index contributed by atoms with van der Waals surface area (Å²) in [6.45, 7) is 2.82. The van der Waals surface area contributed by atoms with Crippen LogP contribution in [0.3, 0.4) is 0 Å². The van der Waals surface area contributed by atoms with Crippen molar-refractivity contribution < 1.29 is 9.53 Å². The Labute approximate surface area is 123 Å². The fourth-order valence-electron chi connectivity index (χ4n) is 3.66. The van der Waals surface area contributed by atoms with Crippen molar-refractivity contribution in [3.8, 4) is 0 Å². The second kappa shape index (κ2) is 8.66. The van der Waals surface area contributed by atoms with E-state index in [4.69, 9.17) is 4.74 Å². The average Bonchev–Trinajstić information content (AvgIpc) is 2.50. The fraction of sp³-hybridized carbons (Fsp3) is 0.941. The molecular weight excluding hydrogens is 250 g/mol. The molecule has 2 aliphatic rings. The number of hydrogen-bond acceptors (Lipinski definition) is 3. The molecule has 3 heteroatoms. The summed E-state index contributed by atoms with van der Waals surface area (Å²) in [6.07, 6.45) is 13.5. The summed E-state index contributed by atoms with van der Waals surface area (Å²) >= 11 is 0. The van der Waals surface area contributed by atoms with Gasteiger partial charge in [0.05, 0.1) is 6.61 Å². The molecule has 1 N–H and O–H groups in total. The van der Waals surface area contributed by atoms with E-state index in [9.17, 15) is 4.79 Å². The molecule has 1 saturated heterocycles. The zero-order valence-corrected chi connectivity index (χ0v) is 13.0. The topological polar surface area (TPSA) is 38.3 Å². The van der Waals surface area contributed by atoms with Crippen molar-refractivity contribution in [1.29, 1.82) is 0 Å². The van der Waals surface area contributed by atoms with Gasteiger partial charge in [0.25, 0.3) is 0 Å². The molecule has 1 saturated carbocycles. The maximum atomic E-state index is 12.1. The second-order valence-corrected chi connectivity index (χ2v) is 6.53. The molecule has 2 fully saturated rings. The van der Waals surface area contributed by atoms with Gasteiger partial charge in [-0.3, -0.25) is 4.79 Å². The first kappa shape index (κ1) is 15.8. The van der Waals surface area contributed by atoms with Gasteiger partial charge >= 0.3 is 5.97 Å². The molecule has 1 heterocycles. The number of unbranched alkanes of at least 4 members (excludes halogenated alkanes) is 4. The fourth-order valence-corrected chi connectivity index (χ4v) is 3.66. The summed E-state index contributed by atoms with van der Waals surface area (Å²) in [5.41, 5.74) is 0. The van der Waals surface area contributed by atoms with E-state index in [0.29, 0.717) is 12.6 Å². The van der Waals surface area contributed by atoms with E-state index in [-0.39, 0.29) is 12.0 Å². The maximum absolute atomic E-state index is 12.1. The lowest BCUT2D eigenvalue weighted by atomic mass is 9.78. The van der Waals surface area contributed by atoms with Crippen molar-refractivity contribution in [1.82, 2.24) is 5.32 Å². The Morgan fingerprint density at radius 2 is 1.85 bits per heavy atom. The molecule has 0 radical (unpaired) electrons. The van der Waals surface area contributed by atoms with Crippen LogP contribution in [0, 0.1) is 5.92 Å². The number of carbonyl (C=O) groups excluding carboxylic acids is 1. The molecule has 0 aromatic carbocycles. The SMILES string of the molecule is CCCCCCCOC(=O)C1CCC2CCCCC2N1. The lowest BCUT2D eigenvalue weighted by molar-refractivity contribution is -0.147. The predicted molar refractivity (Wildman–Crippen MR) is 81.6 cm³/mol. The van der Waals surface area contributed by atoms with Crippen LogP contribution < -0.4 is 5.32 Å². The number of nitrogens with one attached hydrogen (secondary N) is 1. The first-order chi connectivity index (χ1) is 9.81. The smallest absolute Gasteiger partial charge is 0.323 e. The lowest BCUT2D eigenvalue weighted by Gasteiger charge is -2.39. The van der Waals surface area contributed by atoms with Gasteiger partial charge in [-0.05, 0) is 38.0 Å². The molecular formula is C17H31NO2. The monoisotopic (exact) mass is 281 g/mol. The van der Waals surface area contributed by atoms with E-state index in [2.05, 4.69) is 12.2 Å². The van der Waals surface area contributed by atoms with Crippen LogP contribution in [0.4, 0.5) is 0 Å². The molecule has 0 amide bonds. The second-order valence-electron chi connectivity index (χ2n) is 6.53. The van der Waals surface area contributed by atoms with E-state index >= 15 is 0 Å². The van der Waals surface area contributed by atoms with Crippen molar-refractivity contribution >= 4 is 5.97 Å². The summed E-state index contributed by atoms with van der Waals surface area (Å²) in [4.78, 5) is 12.1. The minimum absolute atomic E-state index is 0.00971. The maximum Gasteiger partial charge on any atom is 0.323 e. The number of piperidine rings is 1. The molecule has 20 heavy (non-hydrogen) atoms. The molecule has 3 unspecified atom stereocenters. The minimum atomic E-state index is -0.0370. The molecule has 0 bridgehead atoms. The van der Waals surface area contributed by atoms with Gasteiger partial charge in [-0.15, -0.1) is 0 Å². The van der Waals surface area contributed by atoms with E-state index in [1.54, 1.807) is 0 Å². The van der Waals surface area contributed by atoms with Crippen LogP contribution in [0.15, 0.2) is 0 Å². The third kappa shape index (κ3) is 4.76. The summed E-state index contributed by atoms with van der Waals surface area (Å²) in [6, 6.07) is 0.532. The third-order valence-corrected chi connectivity index (χ3v) is 4.93. The van der Waals surface area contributed by atoms with E-state index in [1.165, 1.54) is 57.8 Å². The number of esters is 1. The summed E-state index contributed by atoms with van der Waals surface area (Å²) < 4.78 is 5.44. The number of fused-ring (bicyclic) bond motifs is 1. The van der Waals surface area contributed by atoms with E-state index in [0.717, 1.165) is 18.8 Å². The summed E-state index contributed by atoms with van der Waals surface area (Å²) in [5.74, 6) is 0.798. The van der Waals surface area contributed by atoms with Crippen molar-refractivity contribution in [2.45, 2.75) is 89.6 Å². The van der Waals surface area contributed by atoms with Gasteiger partial charge in [-0.2, -0.15) is 0 Å². The van der Waals surface area contributed by atoms with Crippen LogP contribution in [0.5, 0.6) is 0 Å². The Hall–Kier alpha value is -0.570. The highest BCUT2D eigenvalue weighted by molar-refractivity contribution is 5.75. The number of carbonyl (C=O) groups is 1. The van der Waals surface area contributed by atoms with Crippen LogP contribution in [0.2, 0.25) is 0 Å². The number of rotatable bonds is 7. The zero-order chi connectivity index (χ0) is 14.2. The van der Waals surface area contributed by atoms with E-state index < -0.39 is 0 Å². The van der Waals surface area contributed by atoms with Gasteiger partial charge in [-0.1, -0.05) is 45.4 Å². The molecule has 0 aromatic rings. The minimum Gasteiger partial charge on any atom is -0.465 e. The largest absolute Gasteiger partial charge is 0.465 e. The molecule has 116 valence electrons. The predicted octanol–water partition coefficient (Wildman–Crippen LogP) is 3.81. The Kier molecular flexibility index (Phi) is 6.85. The number of hydrogen-bond donors (Lipinski definition) is 1. The molecule has 0 aromatic heterocycles. The Balaban J connectivity index is 1.60. The van der Waals surface area contributed by atoms with Crippen LogP contribution >= 0.6 is 0 Å². The van der Waals surface area contributed by atoms with Gasteiger partial charge in [0.2, 0.25) is 0 Å². The Morgan fingerprint density at radius 3 is 2.70 bits per heavy atom. The molecule has 3 nitrogen and oxygen atoms in total. The van der Waals surface area contributed by atoms with Crippen LogP contribution in [-0.4, -0.2) is 24.7 Å². The van der Waals surface area contributed by atoms with Gasteiger partial charge in [0.1, 0.15) is 6.04 Å². The number of ether oxygens (including phenoxy) is 1. The van der Waals surface area contributed by atoms with Crippen molar-refractivity contribution in [3.63, 3.8) is 0 Å². The summed E-state index contributed by atoms with van der Waals surface area (Å²) in [5, 5.41) is 3.54. The van der Waals surface area contributed by atoms with Crippen LogP contribution in [0.25, 0.3) is 0 Å². The molecule has 1 aliphatic carbocycles. The van der Waals surface area contributed by atoms with Gasteiger partial charge in [0, 0.05) is 6.04 Å². The standard InChI is InChI=1S/C17H31NO2/c1-2-3-4-5-8-13-20-17(19)16-12-11-14-9-6-7-10-15(14)18-16/h14-16,18H,2-13H2,1H3.